The lowest BCUT2D eigenvalue weighted by Gasteiger charge is -2.11. The molecule has 0 saturated heterocycles. The predicted molar refractivity (Wildman–Crippen MR) is 58.2 cm³/mol. The van der Waals surface area contributed by atoms with E-state index in [0.717, 1.165) is 6.54 Å². The fourth-order valence-electron chi connectivity index (χ4n) is 1.14. The van der Waals surface area contributed by atoms with Gasteiger partial charge in [0.1, 0.15) is 5.82 Å². The van der Waals surface area contributed by atoms with Crippen LogP contribution in [0, 0.1) is 17.1 Å². The van der Waals surface area contributed by atoms with E-state index in [0.29, 0.717) is 17.8 Å². The van der Waals surface area contributed by atoms with Crippen LogP contribution in [0.3, 0.4) is 0 Å². The van der Waals surface area contributed by atoms with Gasteiger partial charge in [-0.15, -0.1) is 0 Å². The van der Waals surface area contributed by atoms with E-state index < -0.39 is 0 Å². The zero-order valence-corrected chi connectivity index (χ0v) is 8.92. The van der Waals surface area contributed by atoms with E-state index in [2.05, 4.69) is 5.32 Å². The van der Waals surface area contributed by atoms with Crippen LogP contribution in [0.2, 0.25) is 0 Å². The summed E-state index contributed by atoms with van der Waals surface area (Å²) >= 11 is 0. The smallest absolute Gasteiger partial charge is 0.147 e. The molecule has 1 N–H and O–H groups in total. The molecule has 1 rings (SSSR count). The number of nitrogens with one attached hydrogen (secondary N) is 1. The molecule has 0 bridgehead atoms. The predicted octanol–water partition coefficient (Wildman–Crippen LogP) is 1.67. The second kappa shape index (κ2) is 5.32. The number of halogens is 1. The van der Waals surface area contributed by atoms with Gasteiger partial charge in [0.2, 0.25) is 0 Å². The minimum Gasteiger partial charge on any atom is -0.381 e. The van der Waals surface area contributed by atoms with Crippen LogP contribution in [0.25, 0.3) is 0 Å². The third kappa shape index (κ3) is 3.56. The Labute approximate surface area is 89.1 Å². The highest BCUT2D eigenvalue weighted by Gasteiger charge is 2.02. The molecule has 4 heteroatoms. The van der Waals surface area contributed by atoms with Gasteiger partial charge < -0.3 is 10.2 Å². The second-order valence-electron chi connectivity index (χ2n) is 3.54. The summed E-state index contributed by atoms with van der Waals surface area (Å²) in [6.07, 6.45) is 0. The number of likely N-dealkylation sites (N-methyl/N-ethyl adjacent to an activating group) is 1. The number of hydrogen-bond donors (Lipinski definition) is 1. The molecule has 0 saturated carbocycles. The summed E-state index contributed by atoms with van der Waals surface area (Å²) in [6, 6.07) is 6.31. The molecule has 0 aliphatic heterocycles. The number of hydrogen-bond acceptors (Lipinski definition) is 3. The Morgan fingerprint density at radius 2 is 2.20 bits per heavy atom. The number of rotatable bonds is 4. The Bertz CT molecular complexity index is 369. The Kier molecular flexibility index (Phi) is 4.07. The van der Waals surface area contributed by atoms with Gasteiger partial charge in [-0.1, -0.05) is 0 Å². The van der Waals surface area contributed by atoms with E-state index >= 15 is 0 Å². The summed E-state index contributed by atoms with van der Waals surface area (Å²) < 4.78 is 13.3. The lowest BCUT2D eigenvalue weighted by molar-refractivity contribution is 0.425. The van der Waals surface area contributed by atoms with Crippen molar-refractivity contribution in [3.05, 3.63) is 29.6 Å². The first kappa shape index (κ1) is 11.5. The Balaban J connectivity index is 2.59. The monoisotopic (exact) mass is 207 g/mol. The van der Waals surface area contributed by atoms with Gasteiger partial charge in [-0.25, -0.2) is 4.39 Å². The molecule has 0 aliphatic carbocycles. The summed E-state index contributed by atoms with van der Waals surface area (Å²) in [5, 5.41) is 11.5. The maximum atomic E-state index is 13.3. The first-order valence-corrected chi connectivity index (χ1v) is 4.71. The number of nitriles is 1. The summed E-state index contributed by atoms with van der Waals surface area (Å²) in [5.74, 6) is -0.382. The molecule has 0 amide bonds. The van der Waals surface area contributed by atoms with Crippen molar-refractivity contribution >= 4 is 5.69 Å². The van der Waals surface area contributed by atoms with Crippen LogP contribution in [-0.2, 0) is 0 Å². The van der Waals surface area contributed by atoms with Crippen LogP contribution in [0.4, 0.5) is 10.1 Å². The van der Waals surface area contributed by atoms with E-state index in [-0.39, 0.29) is 5.82 Å². The van der Waals surface area contributed by atoms with Crippen molar-refractivity contribution in [2.24, 2.45) is 0 Å². The minimum absolute atomic E-state index is 0.339. The van der Waals surface area contributed by atoms with Crippen molar-refractivity contribution in [3.63, 3.8) is 0 Å². The molecule has 0 fully saturated rings. The van der Waals surface area contributed by atoms with Crippen molar-refractivity contribution in [3.8, 4) is 6.07 Å². The summed E-state index contributed by atoms with van der Waals surface area (Å²) in [4.78, 5) is 2.01. The van der Waals surface area contributed by atoms with E-state index in [1.54, 1.807) is 12.1 Å². The highest BCUT2D eigenvalue weighted by molar-refractivity contribution is 5.48. The average molecular weight is 207 g/mol. The van der Waals surface area contributed by atoms with Gasteiger partial charge in [0, 0.05) is 13.1 Å². The molecular formula is C11H14FN3. The molecule has 0 heterocycles. The van der Waals surface area contributed by atoms with Gasteiger partial charge in [0.15, 0.2) is 0 Å². The van der Waals surface area contributed by atoms with E-state index in [4.69, 9.17) is 5.26 Å². The van der Waals surface area contributed by atoms with Crippen LogP contribution in [0.1, 0.15) is 5.56 Å². The molecule has 0 aromatic heterocycles. The van der Waals surface area contributed by atoms with Gasteiger partial charge in [-0.3, -0.25) is 0 Å². The molecule has 0 radical (unpaired) electrons. The van der Waals surface area contributed by atoms with Crippen LogP contribution >= 0.6 is 0 Å². The van der Waals surface area contributed by atoms with E-state index in [1.165, 1.54) is 6.07 Å². The molecule has 1 aromatic rings. The summed E-state index contributed by atoms with van der Waals surface area (Å²) in [6.45, 7) is 1.51. The van der Waals surface area contributed by atoms with Crippen molar-refractivity contribution in [1.29, 1.82) is 5.26 Å². The lowest BCUT2D eigenvalue weighted by Crippen LogP contribution is -2.21. The first-order chi connectivity index (χ1) is 7.13. The number of anilines is 1. The van der Waals surface area contributed by atoms with Gasteiger partial charge in [0.05, 0.1) is 17.3 Å². The second-order valence-corrected chi connectivity index (χ2v) is 3.54. The molecule has 0 atom stereocenters. The zero-order chi connectivity index (χ0) is 11.3. The van der Waals surface area contributed by atoms with Gasteiger partial charge >= 0.3 is 0 Å². The maximum absolute atomic E-state index is 13.3. The highest BCUT2D eigenvalue weighted by Crippen LogP contribution is 2.14. The van der Waals surface area contributed by atoms with Gasteiger partial charge in [-0.2, -0.15) is 5.26 Å². The number of nitrogens with zero attached hydrogens (tertiary/aromatic N) is 2. The number of benzene rings is 1. The SMILES string of the molecule is CN(C)CCNc1ccc(C#N)cc1F. The Morgan fingerprint density at radius 1 is 1.47 bits per heavy atom. The van der Waals surface area contributed by atoms with Crippen LogP contribution in [-0.4, -0.2) is 32.1 Å². The third-order valence-corrected chi connectivity index (χ3v) is 1.97. The highest BCUT2D eigenvalue weighted by atomic mass is 19.1. The third-order valence-electron chi connectivity index (χ3n) is 1.97. The Hall–Kier alpha value is -1.60. The molecule has 0 unspecified atom stereocenters. The van der Waals surface area contributed by atoms with Crippen molar-refractivity contribution in [2.45, 2.75) is 0 Å². The average Bonchev–Trinajstić information content (AvgIpc) is 2.20. The standard InChI is InChI=1S/C11H14FN3/c1-15(2)6-5-14-11-4-3-9(8-13)7-10(11)12/h3-4,7,14H,5-6H2,1-2H3. The van der Waals surface area contributed by atoms with Gasteiger partial charge in [0.25, 0.3) is 0 Å². The van der Waals surface area contributed by atoms with Crippen molar-refractivity contribution < 1.29 is 4.39 Å². The molecular weight excluding hydrogens is 193 g/mol. The van der Waals surface area contributed by atoms with Crippen LogP contribution < -0.4 is 5.32 Å². The van der Waals surface area contributed by atoms with E-state index in [9.17, 15) is 4.39 Å². The molecule has 0 spiro atoms. The molecule has 3 nitrogen and oxygen atoms in total. The molecule has 80 valence electrons. The largest absolute Gasteiger partial charge is 0.381 e. The van der Waals surface area contributed by atoms with E-state index in [1.807, 2.05) is 25.1 Å². The van der Waals surface area contributed by atoms with Gasteiger partial charge in [-0.05, 0) is 32.3 Å². The zero-order valence-electron chi connectivity index (χ0n) is 8.92. The molecule has 1 aromatic carbocycles. The van der Waals surface area contributed by atoms with Crippen molar-refractivity contribution in [2.75, 3.05) is 32.5 Å². The molecule has 0 aliphatic rings. The fraction of sp³-hybridized carbons (Fsp3) is 0.364. The molecule has 15 heavy (non-hydrogen) atoms. The lowest BCUT2D eigenvalue weighted by atomic mass is 10.2. The summed E-state index contributed by atoms with van der Waals surface area (Å²) in [7, 11) is 3.91. The Morgan fingerprint density at radius 3 is 2.73 bits per heavy atom. The maximum Gasteiger partial charge on any atom is 0.147 e. The van der Waals surface area contributed by atoms with Crippen LogP contribution in [0.5, 0.6) is 0 Å². The van der Waals surface area contributed by atoms with Crippen molar-refractivity contribution in [1.82, 2.24) is 4.90 Å². The van der Waals surface area contributed by atoms with Crippen LogP contribution in [0.15, 0.2) is 18.2 Å². The topological polar surface area (TPSA) is 39.1 Å². The minimum atomic E-state index is -0.382. The first-order valence-electron chi connectivity index (χ1n) is 4.71. The normalized spacial score (nSPS) is 10.1. The fourth-order valence-corrected chi connectivity index (χ4v) is 1.14. The summed E-state index contributed by atoms with van der Waals surface area (Å²) in [5.41, 5.74) is 0.779. The quantitative estimate of drug-likeness (QED) is 0.816.